The average Bonchev–Trinajstić information content (AvgIpc) is 2.73. The predicted octanol–water partition coefficient (Wildman–Crippen LogP) is 4.66. The highest BCUT2D eigenvalue weighted by Gasteiger charge is 2.42. The molecule has 1 heterocycles. The third kappa shape index (κ3) is 4.16. The monoisotopic (exact) mass is 384 g/mol. The molecule has 2 aromatic carbocycles. The maximum atomic E-state index is 6.18. The van der Waals surface area contributed by atoms with Crippen LogP contribution in [-0.2, 0) is 14.9 Å². The van der Waals surface area contributed by atoms with Gasteiger partial charge in [-0.2, -0.15) is 0 Å². The zero-order valence-corrected chi connectivity index (χ0v) is 16.8. The van der Waals surface area contributed by atoms with E-state index in [-0.39, 0.29) is 24.9 Å². The van der Waals surface area contributed by atoms with Crippen LogP contribution in [0, 0.1) is 0 Å². The van der Waals surface area contributed by atoms with Crippen LogP contribution in [0.4, 0.5) is 0 Å². The molecule has 2 aromatic rings. The number of benzene rings is 2. The van der Waals surface area contributed by atoms with Crippen molar-refractivity contribution >= 4 is 0 Å². The van der Waals surface area contributed by atoms with Crippen LogP contribution < -0.4 is 14.2 Å². The fourth-order valence-electron chi connectivity index (χ4n) is 3.71. The van der Waals surface area contributed by atoms with E-state index in [1.807, 2.05) is 30.3 Å². The average molecular weight is 384 g/mol. The summed E-state index contributed by atoms with van der Waals surface area (Å²) in [6.07, 6.45) is 2.83. The molecule has 1 aliphatic rings. The molecule has 0 fully saturated rings. The van der Waals surface area contributed by atoms with Crippen molar-refractivity contribution < 1.29 is 23.7 Å². The Hall–Kier alpha value is -2.50. The standard InChI is InChI=1S/C23H28O5/c1-5-6-21-20-12-11-19(28-16-25-4)13-22(20)26-14-23(21,2)17-7-9-18(10-8-17)27-15-24-3/h5,7-13,21H,1,6,14-16H2,2-4H3/t21?,23-/m1/s1. The summed E-state index contributed by atoms with van der Waals surface area (Å²) in [6.45, 7) is 7.24. The van der Waals surface area contributed by atoms with E-state index < -0.39 is 0 Å². The van der Waals surface area contributed by atoms with Gasteiger partial charge in [0.15, 0.2) is 13.6 Å². The van der Waals surface area contributed by atoms with Crippen molar-refractivity contribution in [2.24, 2.45) is 0 Å². The van der Waals surface area contributed by atoms with Gasteiger partial charge in [-0.05, 0) is 35.7 Å². The molecule has 3 rings (SSSR count). The summed E-state index contributed by atoms with van der Waals surface area (Å²) in [7, 11) is 3.21. The van der Waals surface area contributed by atoms with Crippen LogP contribution in [0.2, 0.25) is 0 Å². The van der Waals surface area contributed by atoms with Crippen molar-refractivity contribution in [3.63, 3.8) is 0 Å². The SMILES string of the molecule is C=CCC1c2ccc(OCOC)cc2OC[C@]1(C)c1ccc(OCOC)cc1. The number of methoxy groups -OCH3 is 2. The molecular formula is C23H28O5. The summed E-state index contributed by atoms with van der Waals surface area (Å²) in [5, 5.41) is 0. The normalized spacial score (nSPS) is 20.8. The number of hydrogen-bond acceptors (Lipinski definition) is 5. The molecule has 28 heavy (non-hydrogen) atoms. The molecule has 0 N–H and O–H groups in total. The molecule has 0 aromatic heterocycles. The number of fused-ring (bicyclic) bond motifs is 1. The molecule has 0 amide bonds. The van der Waals surface area contributed by atoms with E-state index >= 15 is 0 Å². The summed E-state index contributed by atoms with van der Waals surface area (Å²) in [4.78, 5) is 0. The second kappa shape index (κ2) is 9.13. The van der Waals surface area contributed by atoms with Gasteiger partial charge in [0.1, 0.15) is 17.2 Å². The lowest BCUT2D eigenvalue weighted by Crippen LogP contribution is -2.40. The highest BCUT2D eigenvalue weighted by molar-refractivity contribution is 5.48. The van der Waals surface area contributed by atoms with Gasteiger partial charge in [-0.3, -0.25) is 0 Å². The van der Waals surface area contributed by atoms with Gasteiger partial charge in [-0.25, -0.2) is 0 Å². The second-order valence-electron chi connectivity index (χ2n) is 7.11. The Morgan fingerprint density at radius 1 is 1.04 bits per heavy atom. The van der Waals surface area contributed by atoms with E-state index in [1.54, 1.807) is 14.2 Å². The van der Waals surface area contributed by atoms with Gasteiger partial charge in [0.2, 0.25) is 0 Å². The minimum atomic E-state index is -0.185. The van der Waals surface area contributed by atoms with Crippen molar-refractivity contribution in [1.82, 2.24) is 0 Å². The molecule has 150 valence electrons. The summed E-state index contributed by atoms with van der Waals surface area (Å²) in [6, 6.07) is 14.1. The maximum absolute atomic E-state index is 6.18. The molecule has 0 aliphatic carbocycles. The quantitative estimate of drug-likeness (QED) is 0.465. The molecule has 5 heteroatoms. The Morgan fingerprint density at radius 3 is 2.32 bits per heavy atom. The van der Waals surface area contributed by atoms with Crippen molar-refractivity contribution in [1.29, 1.82) is 0 Å². The second-order valence-corrected chi connectivity index (χ2v) is 7.11. The zero-order chi connectivity index (χ0) is 20.0. The van der Waals surface area contributed by atoms with E-state index in [4.69, 9.17) is 23.7 Å². The lowest BCUT2D eigenvalue weighted by atomic mass is 9.66. The van der Waals surface area contributed by atoms with Gasteiger partial charge in [0.25, 0.3) is 0 Å². The Bertz CT molecular complexity index is 786. The molecule has 0 spiro atoms. The Morgan fingerprint density at radius 2 is 1.68 bits per heavy atom. The third-order valence-corrected chi connectivity index (χ3v) is 5.26. The molecule has 1 unspecified atom stereocenters. The van der Waals surface area contributed by atoms with Gasteiger partial charge < -0.3 is 23.7 Å². The minimum Gasteiger partial charge on any atom is -0.492 e. The molecule has 5 nitrogen and oxygen atoms in total. The Kier molecular flexibility index (Phi) is 6.60. The van der Waals surface area contributed by atoms with Gasteiger partial charge in [0, 0.05) is 31.6 Å². The van der Waals surface area contributed by atoms with E-state index in [0.717, 1.165) is 29.2 Å². The fraction of sp³-hybridized carbons (Fsp3) is 0.391. The van der Waals surface area contributed by atoms with E-state index in [1.165, 1.54) is 5.56 Å². The smallest absolute Gasteiger partial charge is 0.188 e. The lowest BCUT2D eigenvalue weighted by molar-refractivity contribution is 0.0505. The van der Waals surface area contributed by atoms with Crippen LogP contribution in [0.5, 0.6) is 17.2 Å². The first-order valence-corrected chi connectivity index (χ1v) is 9.34. The van der Waals surface area contributed by atoms with E-state index in [0.29, 0.717) is 6.61 Å². The Balaban J connectivity index is 1.90. The summed E-state index contributed by atoms with van der Waals surface area (Å²) < 4.78 is 27.2. The maximum Gasteiger partial charge on any atom is 0.188 e. The molecule has 0 radical (unpaired) electrons. The molecule has 2 atom stereocenters. The Labute approximate surface area is 166 Å². The topological polar surface area (TPSA) is 46.2 Å². The van der Waals surface area contributed by atoms with Crippen molar-refractivity contribution in [2.75, 3.05) is 34.4 Å². The number of allylic oxidation sites excluding steroid dienone is 1. The molecular weight excluding hydrogens is 356 g/mol. The minimum absolute atomic E-state index is 0.185. The van der Waals surface area contributed by atoms with Gasteiger partial charge in [-0.15, -0.1) is 6.58 Å². The summed E-state index contributed by atoms with van der Waals surface area (Å²) in [5.74, 6) is 2.63. The van der Waals surface area contributed by atoms with Gasteiger partial charge >= 0.3 is 0 Å². The highest BCUT2D eigenvalue weighted by atomic mass is 16.7. The first-order chi connectivity index (χ1) is 13.6. The third-order valence-electron chi connectivity index (χ3n) is 5.26. The fourth-order valence-corrected chi connectivity index (χ4v) is 3.71. The molecule has 0 saturated carbocycles. The van der Waals surface area contributed by atoms with Crippen LogP contribution >= 0.6 is 0 Å². The first kappa shape index (κ1) is 20.2. The lowest BCUT2D eigenvalue weighted by Gasteiger charge is -2.42. The van der Waals surface area contributed by atoms with Gasteiger partial charge in [0.05, 0.1) is 6.61 Å². The molecule has 0 saturated heterocycles. The van der Waals surface area contributed by atoms with E-state index in [2.05, 4.69) is 31.7 Å². The van der Waals surface area contributed by atoms with Gasteiger partial charge in [-0.1, -0.05) is 31.2 Å². The van der Waals surface area contributed by atoms with Crippen LogP contribution in [0.15, 0.2) is 55.1 Å². The summed E-state index contributed by atoms with van der Waals surface area (Å²) in [5.41, 5.74) is 2.18. The van der Waals surface area contributed by atoms with E-state index in [9.17, 15) is 0 Å². The zero-order valence-electron chi connectivity index (χ0n) is 16.8. The predicted molar refractivity (Wildman–Crippen MR) is 108 cm³/mol. The van der Waals surface area contributed by atoms with Crippen LogP contribution in [0.3, 0.4) is 0 Å². The molecule has 0 bridgehead atoms. The first-order valence-electron chi connectivity index (χ1n) is 9.34. The van der Waals surface area contributed by atoms with Crippen molar-refractivity contribution in [3.05, 3.63) is 66.2 Å². The van der Waals surface area contributed by atoms with Crippen molar-refractivity contribution in [3.8, 4) is 17.2 Å². The molecule has 1 aliphatic heterocycles. The number of rotatable bonds is 9. The van der Waals surface area contributed by atoms with Crippen LogP contribution in [-0.4, -0.2) is 34.4 Å². The van der Waals surface area contributed by atoms with Crippen LogP contribution in [0.25, 0.3) is 0 Å². The largest absolute Gasteiger partial charge is 0.492 e. The van der Waals surface area contributed by atoms with Crippen LogP contribution in [0.1, 0.15) is 30.4 Å². The van der Waals surface area contributed by atoms with Crippen molar-refractivity contribution in [2.45, 2.75) is 24.7 Å². The summed E-state index contributed by atoms with van der Waals surface area (Å²) >= 11 is 0. The number of ether oxygens (including phenoxy) is 5. The number of hydrogen-bond donors (Lipinski definition) is 0. The highest BCUT2D eigenvalue weighted by Crippen LogP contribution is 2.49.